The van der Waals surface area contributed by atoms with Crippen molar-refractivity contribution in [2.24, 2.45) is 4.99 Å². The lowest BCUT2D eigenvalue weighted by atomic mass is 9.95. The summed E-state index contributed by atoms with van der Waals surface area (Å²) in [4.78, 5) is 25.8. The number of carbonyl (C=O) groups excluding carboxylic acids is 1. The molecule has 0 N–H and O–H groups in total. The second kappa shape index (κ2) is 6.63. The lowest BCUT2D eigenvalue weighted by molar-refractivity contribution is -0.114. The maximum absolute atomic E-state index is 12.2. The molecular formula is C20H23N3O. The lowest BCUT2D eigenvalue weighted by Gasteiger charge is -2.16. The first-order valence-electron chi connectivity index (χ1n) is 8.51. The zero-order valence-electron chi connectivity index (χ0n) is 14.8. The summed E-state index contributed by atoms with van der Waals surface area (Å²) in [5, 5.41) is 1.08. The summed E-state index contributed by atoms with van der Waals surface area (Å²) in [5.74, 6) is 0.658. The summed E-state index contributed by atoms with van der Waals surface area (Å²) in [6.45, 7) is 8.19. The van der Waals surface area contributed by atoms with Gasteiger partial charge in [0, 0.05) is 35.2 Å². The van der Waals surface area contributed by atoms with Crippen LogP contribution in [0.25, 0.3) is 10.9 Å². The van der Waals surface area contributed by atoms with Crippen LogP contribution in [0.3, 0.4) is 0 Å². The molecule has 2 heterocycles. The minimum Gasteiger partial charge on any atom is -0.267 e. The van der Waals surface area contributed by atoms with Gasteiger partial charge in [-0.1, -0.05) is 30.5 Å². The maximum Gasteiger partial charge on any atom is 0.272 e. The number of nitrogens with zero attached hydrogens (tertiary/aromatic N) is 3. The molecule has 2 aromatic rings. The van der Waals surface area contributed by atoms with Crippen LogP contribution in [0, 0.1) is 13.8 Å². The fourth-order valence-corrected chi connectivity index (χ4v) is 3.23. The molecular weight excluding hydrogens is 298 g/mol. The number of rotatable bonds is 4. The van der Waals surface area contributed by atoms with Crippen molar-refractivity contribution in [3.8, 4) is 0 Å². The van der Waals surface area contributed by atoms with E-state index >= 15 is 0 Å². The summed E-state index contributed by atoms with van der Waals surface area (Å²) in [5.41, 5.74) is 6.01. The van der Waals surface area contributed by atoms with Gasteiger partial charge in [-0.3, -0.25) is 4.79 Å². The van der Waals surface area contributed by atoms with Crippen LogP contribution in [0.2, 0.25) is 0 Å². The van der Waals surface area contributed by atoms with Crippen molar-refractivity contribution < 1.29 is 4.79 Å². The van der Waals surface area contributed by atoms with Crippen LogP contribution >= 0.6 is 0 Å². The predicted molar refractivity (Wildman–Crippen MR) is 97.4 cm³/mol. The van der Waals surface area contributed by atoms with Gasteiger partial charge in [0.25, 0.3) is 5.91 Å². The lowest BCUT2D eigenvalue weighted by Crippen LogP contribution is -2.18. The highest BCUT2D eigenvalue weighted by Crippen LogP contribution is 2.23. The van der Waals surface area contributed by atoms with Crippen LogP contribution in [0.1, 0.15) is 50.2 Å². The fourth-order valence-electron chi connectivity index (χ4n) is 3.23. The van der Waals surface area contributed by atoms with Crippen LogP contribution in [0.4, 0.5) is 0 Å². The van der Waals surface area contributed by atoms with Crippen LogP contribution in [0.15, 0.2) is 34.3 Å². The molecule has 0 saturated heterocycles. The number of hydrogen-bond donors (Lipinski definition) is 0. The highest BCUT2D eigenvalue weighted by molar-refractivity contribution is 6.08. The number of allylic oxidation sites excluding steroid dienone is 1. The van der Waals surface area contributed by atoms with Gasteiger partial charge in [0.2, 0.25) is 0 Å². The molecule has 4 nitrogen and oxygen atoms in total. The zero-order chi connectivity index (χ0) is 17.3. The SMILES string of the molecule is CCCC1=C(C)CC(Cc2nc(C)c3cc(C)ccc3n2)=NC1=O. The highest BCUT2D eigenvalue weighted by atomic mass is 16.1. The highest BCUT2D eigenvalue weighted by Gasteiger charge is 2.20. The Morgan fingerprint density at radius 3 is 2.62 bits per heavy atom. The van der Waals surface area contributed by atoms with E-state index in [1.54, 1.807) is 0 Å². The molecule has 0 atom stereocenters. The predicted octanol–water partition coefficient (Wildman–Crippen LogP) is 4.28. The second-order valence-electron chi connectivity index (χ2n) is 6.59. The van der Waals surface area contributed by atoms with Crippen molar-refractivity contribution >= 4 is 22.5 Å². The topological polar surface area (TPSA) is 55.2 Å². The van der Waals surface area contributed by atoms with Gasteiger partial charge in [0.15, 0.2) is 0 Å². The van der Waals surface area contributed by atoms with Crippen molar-refractivity contribution in [1.29, 1.82) is 0 Å². The summed E-state index contributed by atoms with van der Waals surface area (Å²) in [7, 11) is 0. The average Bonchev–Trinajstić information content (AvgIpc) is 2.52. The second-order valence-corrected chi connectivity index (χ2v) is 6.59. The molecule has 1 aromatic carbocycles. The van der Waals surface area contributed by atoms with Gasteiger partial charge in [0.1, 0.15) is 5.82 Å². The molecule has 1 aromatic heterocycles. The first-order chi connectivity index (χ1) is 11.5. The minimum absolute atomic E-state index is 0.0799. The fraction of sp³-hybridized carbons (Fsp3) is 0.400. The number of amides is 1. The number of benzene rings is 1. The molecule has 24 heavy (non-hydrogen) atoms. The Labute approximate surface area is 142 Å². The van der Waals surface area contributed by atoms with Crippen molar-refractivity contribution in [1.82, 2.24) is 9.97 Å². The van der Waals surface area contributed by atoms with Gasteiger partial charge in [0.05, 0.1) is 5.52 Å². The van der Waals surface area contributed by atoms with Gasteiger partial charge in [-0.25, -0.2) is 15.0 Å². The van der Waals surface area contributed by atoms with E-state index < -0.39 is 0 Å². The maximum atomic E-state index is 12.2. The Balaban J connectivity index is 1.87. The van der Waals surface area contributed by atoms with Crippen molar-refractivity contribution in [3.63, 3.8) is 0 Å². The Morgan fingerprint density at radius 2 is 1.92 bits per heavy atom. The van der Waals surface area contributed by atoms with Crippen LogP contribution in [-0.4, -0.2) is 21.6 Å². The molecule has 3 rings (SSSR count). The molecule has 0 saturated carbocycles. The van der Waals surface area contributed by atoms with Gasteiger partial charge < -0.3 is 0 Å². The standard InChI is InChI=1S/C20H23N3O/c1-5-6-16-13(3)10-15(22-20(16)24)11-19-21-14(4)17-9-12(2)7-8-18(17)23-19/h7-9H,5-6,10-11H2,1-4H3. The van der Waals surface area contributed by atoms with Crippen molar-refractivity contribution in [3.05, 3.63) is 46.4 Å². The third-order valence-electron chi connectivity index (χ3n) is 4.45. The number of carbonyl (C=O) groups is 1. The van der Waals surface area contributed by atoms with Crippen molar-refractivity contribution in [2.75, 3.05) is 0 Å². The Morgan fingerprint density at radius 1 is 1.12 bits per heavy atom. The zero-order valence-corrected chi connectivity index (χ0v) is 14.8. The number of dihydropyridines is 1. The first kappa shape index (κ1) is 16.5. The van der Waals surface area contributed by atoms with Gasteiger partial charge in [-0.15, -0.1) is 0 Å². The van der Waals surface area contributed by atoms with Crippen molar-refractivity contribution in [2.45, 2.75) is 53.4 Å². The molecule has 1 amide bonds. The Bertz CT molecular complexity index is 878. The van der Waals surface area contributed by atoms with Gasteiger partial charge in [-0.05, 0) is 39.3 Å². The summed E-state index contributed by atoms with van der Waals surface area (Å²) < 4.78 is 0. The Kier molecular flexibility index (Phi) is 4.56. The number of aryl methyl sites for hydroxylation is 2. The van der Waals surface area contributed by atoms with Crippen LogP contribution < -0.4 is 0 Å². The van der Waals surface area contributed by atoms with E-state index in [1.165, 1.54) is 5.56 Å². The van der Waals surface area contributed by atoms with E-state index in [1.807, 2.05) is 19.9 Å². The third-order valence-corrected chi connectivity index (χ3v) is 4.45. The third kappa shape index (κ3) is 3.28. The summed E-state index contributed by atoms with van der Waals surface area (Å²) in [6.07, 6.45) is 3.06. The quantitative estimate of drug-likeness (QED) is 0.844. The molecule has 0 spiro atoms. The van der Waals surface area contributed by atoms with E-state index in [0.717, 1.165) is 58.5 Å². The Hall–Kier alpha value is -2.36. The molecule has 1 aliphatic rings. The molecule has 0 aliphatic carbocycles. The van der Waals surface area contributed by atoms with E-state index in [4.69, 9.17) is 0 Å². The normalized spacial score (nSPS) is 15.2. The smallest absolute Gasteiger partial charge is 0.267 e. The largest absolute Gasteiger partial charge is 0.272 e. The number of fused-ring (bicyclic) bond motifs is 1. The summed E-state index contributed by atoms with van der Waals surface area (Å²) in [6, 6.07) is 6.20. The molecule has 0 unspecified atom stereocenters. The monoisotopic (exact) mass is 321 g/mol. The molecule has 0 fully saturated rings. The first-order valence-corrected chi connectivity index (χ1v) is 8.51. The van der Waals surface area contributed by atoms with E-state index in [9.17, 15) is 4.79 Å². The number of aromatic nitrogens is 2. The summed E-state index contributed by atoms with van der Waals surface area (Å²) >= 11 is 0. The van der Waals surface area contributed by atoms with Crippen LogP contribution in [0.5, 0.6) is 0 Å². The number of aliphatic imine (C=N–C) groups is 1. The van der Waals surface area contributed by atoms with Gasteiger partial charge in [-0.2, -0.15) is 0 Å². The van der Waals surface area contributed by atoms with Crippen LogP contribution in [-0.2, 0) is 11.2 Å². The van der Waals surface area contributed by atoms with E-state index in [0.29, 0.717) is 6.42 Å². The molecule has 124 valence electrons. The van der Waals surface area contributed by atoms with E-state index in [-0.39, 0.29) is 5.91 Å². The molecule has 1 aliphatic heterocycles. The average molecular weight is 321 g/mol. The molecule has 0 radical (unpaired) electrons. The van der Waals surface area contributed by atoms with Gasteiger partial charge >= 0.3 is 0 Å². The molecule has 4 heteroatoms. The number of hydrogen-bond acceptors (Lipinski definition) is 3. The molecule has 0 bridgehead atoms. The van der Waals surface area contributed by atoms with E-state index in [2.05, 4.69) is 40.9 Å². The minimum atomic E-state index is -0.0799.